The van der Waals surface area contributed by atoms with Gasteiger partial charge in [0.15, 0.2) is 5.69 Å². The van der Waals surface area contributed by atoms with Crippen LogP contribution in [0, 0.1) is 6.92 Å². The second-order valence-corrected chi connectivity index (χ2v) is 11.7. The standard InChI is InChI=1S/C23H26F5N5OS/c1-13-10-15(14(2)31-35(34)21(3,4)5)18-16(11-13)19-29-17(23(26,27)28)12-33(19)20(30-18)32-8-6-22(24,25)7-9-32/h10-12H,6-9H2,1-5H3. The predicted molar refractivity (Wildman–Crippen MR) is 127 cm³/mol. The molecule has 0 amide bonds. The largest absolute Gasteiger partial charge is 0.591 e. The topological polar surface area (TPSA) is 68.9 Å². The number of fused-ring (bicyclic) bond motifs is 3. The zero-order valence-electron chi connectivity index (χ0n) is 20.0. The Kier molecular flexibility index (Phi) is 6.28. The summed E-state index contributed by atoms with van der Waals surface area (Å²) < 4.78 is 85.9. The van der Waals surface area contributed by atoms with Gasteiger partial charge >= 0.3 is 6.18 Å². The Balaban J connectivity index is 1.99. The van der Waals surface area contributed by atoms with Crippen molar-refractivity contribution in [1.82, 2.24) is 14.4 Å². The van der Waals surface area contributed by atoms with Crippen LogP contribution < -0.4 is 4.90 Å². The minimum atomic E-state index is -4.70. The number of imidazole rings is 1. The molecule has 0 aliphatic carbocycles. The number of anilines is 1. The van der Waals surface area contributed by atoms with Crippen molar-refractivity contribution in [3.8, 4) is 0 Å². The molecule has 12 heteroatoms. The van der Waals surface area contributed by atoms with Crippen LogP contribution in [0.1, 0.15) is 57.4 Å². The summed E-state index contributed by atoms with van der Waals surface area (Å²) in [6.45, 7) is 8.65. The lowest BCUT2D eigenvalue weighted by Gasteiger charge is -2.32. The number of alkyl halides is 5. The van der Waals surface area contributed by atoms with Gasteiger partial charge in [-0.1, -0.05) is 4.40 Å². The van der Waals surface area contributed by atoms with E-state index in [0.29, 0.717) is 22.2 Å². The summed E-state index contributed by atoms with van der Waals surface area (Å²) in [5.41, 5.74) is 0.876. The molecule has 4 rings (SSSR count). The zero-order valence-corrected chi connectivity index (χ0v) is 20.8. The lowest BCUT2D eigenvalue weighted by Crippen LogP contribution is -2.40. The molecule has 2 aromatic heterocycles. The highest BCUT2D eigenvalue weighted by atomic mass is 32.2. The van der Waals surface area contributed by atoms with Crippen molar-refractivity contribution in [3.05, 3.63) is 35.2 Å². The molecular weight excluding hydrogens is 489 g/mol. The number of hydrogen-bond donors (Lipinski definition) is 0. The molecule has 0 bridgehead atoms. The molecule has 1 atom stereocenters. The summed E-state index contributed by atoms with van der Waals surface area (Å²) in [4.78, 5) is 10.1. The number of aromatic nitrogens is 3. The summed E-state index contributed by atoms with van der Waals surface area (Å²) in [6, 6.07) is 3.45. The maximum atomic E-state index is 13.8. The van der Waals surface area contributed by atoms with Gasteiger partial charge in [-0.3, -0.25) is 4.40 Å². The number of nitrogens with zero attached hydrogens (tertiary/aromatic N) is 5. The highest BCUT2D eigenvalue weighted by Gasteiger charge is 2.38. The van der Waals surface area contributed by atoms with Gasteiger partial charge in [0, 0.05) is 43.1 Å². The maximum absolute atomic E-state index is 13.8. The van der Waals surface area contributed by atoms with Crippen molar-refractivity contribution in [2.24, 2.45) is 4.40 Å². The minimum Gasteiger partial charge on any atom is -0.591 e. The molecule has 3 aromatic rings. The third-order valence-corrected chi connectivity index (χ3v) is 7.32. The Morgan fingerprint density at radius 1 is 1.11 bits per heavy atom. The van der Waals surface area contributed by atoms with E-state index in [1.807, 2.05) is 0 Å². The lowest BCUT2D eigenvalue weighted by atomic mass is 10.0. The van der Waals surface area contributed by atoms with Gasteiger partial charge in [-0.05, 0) is 52.3 Å². The Bertz CT molecular complexity index is 1300. The molecule has 35 heavy (non-hydrogen) atoms. The fourth-order valence-electron chi connectivity index (χ4n) is 3.93. The van der Waals surface area contributed by atoms with Crippen LogP contribution in [-0.4, -0.2) is 48.4 Å². The van der Waals surface area contributed by atoms with Crippen LogP contribution in [0.25, 0.3) is 16.6 Å². The molecule has 1 saturated heterocycles. The Labute approximate surface area is 202 Å². The minimum absolute atomic E-state index is 0.0179. The molecule has 1 fully saturated rings. The van der Waals surface area contributed by atoms with Gasteiger partial charge in [-0.25, -0.2) is 18.7 Å². The van der Waals surface area contributed by atoms with E-state index in [4.69, 9.17) is 0 Å². The van der Waals surface area contributed by atoms with E-state index in [1.54, 1.807) is 51.7 Å². The van der Waals surface area contributed by atoms with Crippen LogP contribution >= 0.6 is 0 Å². The quantitative estimate of drug-likeness (QED) is 0.254. The number of rotatable bonds is 3. The van der Waals surface area contributed by atoms with Crippen molar-refractivity contribution in [2.75, 3.05) is 18.0 Å². The van der Waals surface area contributed by atoms with Crippen molar-refractivity contribution < 1.29 is 26.5 Å². The van der Waals surface area contributed by atoms with Crippen molar-refractivity contribution >= 4 is 39.6 Å². The number of benzene rings is 1. The molecule has 1 aromatic carbocycles. The van der Waals surface area contributed by atoms with E-state index in [2.05, 4.69) is 14.4 Å². The van der Waals surface area contributed by atoms with E-state index in [0.717, 1.165) is 11.8 Å². The van der Waals surface area contributed by atoms with Gasteiger partial charge in [0.25, 0.3) is 5.92 Å². The van der Waals surface area contributed by atoms with Gasteiger partial charge in [0.1, 0.15) is 21.8 Å². The third-order valence-electron chi connectivity index (χ3n) is 5.83. The predicted octanol–water partition coefficient (Wildman–Crippen LogP) is 5.72. The maximum Gasteiger partial charge on any atom is 0.434 e. The Hall–Kier alpha value is -2.47. The zero-order chi connectivity index (χ0) is 25.9. The fourth-order valence-corrected chi connectivity index (χ4v) is 4.55. The van der Waals surface area contributed by atoms with E-state index in [9.17, 15) is 26.5 Å². The van der Waals surface area contributed by atoms with Crippen molar-refractivity contribution in [1.29, 1.82) is 0 Å². The average molecular weight is 516 g/mol. The van der Waals surface area contributed by atoms with E-state index >= 15 is 0 Å². The van der Waals surface area contributed by atoms with E-state index < -0.39 is 46.7 Å². The molecular formula is C23H26F5N5OS. The highest BCUT2D eigenvalue weighted by molar-refractivity contribution is 7.91. The van der Waals surface area contributed by atoms with E-state index in [1.165, 1.54) is 4.40 Å². The number of piperidine rings is 1. The molecule has 0 saturated carbocycles. The summed E-state index contributed by atoms with van der Waals surface area (Å²) >= 11 is -1.57. The molecule has 3 heterocycles. The van der Waals surface area contributed by atoms with Crippen LogP contribution in [0.4, 0.5) is 27.9 Å². The van der Waals surface area contributed by atoms with Gasteiger partial charge in [0.2, 0.25) is 5.95 Å². The van der Waals surface area contributed by atoms with Crippen LogP contribution in [0.15, 0.2) is 22.7 Å². The van der Waals surface area contributed by atoms with Crippen LogP contribution in [-0.2, 0) is 17.5 Å². The molecule has 0 spiro atoms. The number of halogens is 5. The molecule has 0 N–H and O–H groups in total. The monoisotopic (exact) mass is 515 g/mol. The number of aryl methyl sites for hydroxylation is 1. The summed E-state index contributed by atoms with van der Waals surface area (Å²) in [5, 5.41) is 0.359. The second-order valence-electron chi connectivity index (χ2n) is 9.82. The second kappa shape index (κ2) is 8.58. The molecule has 1 aliphatic rings. The first-order valence-electron chi connectivity index (χ1n) is 11.1. The van der Waals surface area contributed by atoms with Gasteiger partial charge in [0.05, 0.1) is 11.2 Å². The van der Waals surface area contributed by atoms with E-state index in [-0.39, 0.29) is 24.7 Å². The summed E-state index contributed by atoms with van der Waals surface area (Å²) in [7, 11) is 0. The van der Waals surface area contributed by atoms with Gasteiger partial charge < -0.3 is 9.45 Å². The van der Waals surface area contributed by atoms with Crippen LogP contribution in [0.5, 0.6) is 0 Å². The highest BCUT2D eigenvalue weighted by Crippen LogP contribution is 2.36. The van der Waals surface area contributed by atoms with Crippen LogP contribution in [0.2, 0.25) is 0 Å². The first-order chi connectivity index (χ1) is 16.1. The Morgan fingerprint density at radius 2 is 1.74 bits per heavy atom. The van der Waals surface area contributed by atoms with Crippen molar-refractivity contribution in [2.45, 2.75) is 64.3 Å². The van der Waals surface area contributed by atoms with Crippen LogP contribution in [0.3, 0.4) is 0 Å². The Morgan fingerprint density at radius 3 is 2.31 bits per heavy atom. The first-order valence-corrected chi connectivity index (χ1v) is 12.2. The third kappa shape index (κ3) is 5.09. The summed E-state index contributed by atoms with van der Waals surface area (Å²) in [6.07, 6.45) is -4.71. The normalized spacial score (nSPS) is 18.5. The fraction of sp³-hybridized carbons (Fsp3) is 0.522. The average Bonchev–Trinajstić information content (AvgIpc) is 3.18. The molecule has 0 radical (unpaired) electrons. The SMILES string of the molecule is CC(=N[S+]([O-])C(C)(C)C)c1cc(C)cc2c1nc(N1CCC(F)(F)CC1)n1cc(C(F)(F)F)nc21. The lowest BCUT2D eigenvalue weighted by molar-refractivity contribution is -0.140. The molecule has 190 valence electrons. The smallest absolute Gasteiger partial charge is 0.434 e. The van der Waals surface area contributed by atoms with Crippen molar-refractivity contribution in [3.63, 3.8) is 0 Å². The van der Waals surface area contributed by atoms with Gasteiger partial charge in [-0.15, -0.1) is 0 Å². The molecule has 1 aliphatic heterocycles. The molecule has 6 nitrogen and oxygen atoms in total. The first kappa shape index (κ1) is 25.6. The summed E-state index contributed by atoms with van der Waals surface area (Å²) in [5.74, 6) is -2.73. The number of hydrogen-bond acceptors (Lipinski definition) is 5. The van der Waals surface area contributed by atoms with Gasteiger partial charge in [-0.2, -0.15) is 13.2 Å². The molecule has 1 unspecified atom stereocenters.